The normalized spacial score (nSPS) is 11.8. The van der Waals surface area contributed by atoms with Crippen LogP contribution < -0.4 is 0 Å². The molecule has 0 bridgehead atoms. The van der Waals surface area contributed by atoms with Crippen LogP contribution in [-0.2, 0) is 36.8 Å². The van der Waals surface area contributed by atoms with Gasteiger partial charge in [-0.3, -0.25) is 0 Å². The minimum absolute atomic E-state index is 0. The minimum Gasteiger partial charge on any atom is -0.421 e. The first-order chi connectivity index (χ1) is 22.1. The van der Waals surface area contributed by atoms with Crippen molar-refractivity contribution in [3.05, 3.63) is 114 Å². The van der Waals surface area contributed by atoms with Gasteiger partial charge in [0.05, 0.1) is 0 Å². The van der Waals surface area contributed by atoms with E-state index in [1.54, 1.807) is 43.5 Å². The number of sulfonamides is 2. The summed E-state index contributed by atoms with van der Waals surface area (Å²) in [7, 11) is -13.4. The summed E-state index contributed by atoms with van der Waals surface area (Å²) in [6.07, 6.45) is 14.3. The van der Waals surface area contributed by atoms with Crippen molar-refractivity contribution in [1.29, 1.82) is 0 Å². The number of halogens is 6. The zero-order valence-corrected chi connectivity index (χ0v) is 26.0. The van der Waals surface area contributed by atoms with Gasteiger partial charge in [-0.25, -0.2) is 45.5 Å². The summed E-state index contributed by atoms with van der Waals surface area (Å²) >= 11 is 0. The van der Waals surface area contributed by atoms with Gasteiger partial charge in [-0.1, -0.05) is 12.1 Å². The molecular weight excluding hydrogens is 743 g/mol. The molecule has 24 heteroatoms. The summed E-state index contributed by atoms with van der Waals surface area (Å²) in [5.41, 5.74) is -12.4. The molecule has 0 aromatic carbocycles. The molecule has 0 aliphatic rings. The maximum absolute atomic E-state index is 11.4. The fourth-order valence-corrected chi connectivity index (χ4v) is 4.88. The second-order valence-corrected chi connectivity index (χ2v) is 11.8. The smallest absolute Gasteiger partial charge is 0.421 e. The molecule has 0 saturated heterocycles. The van der Waals surface area contributed by atoms with E-state index in [1.807, 2.05) is 85.5 Å². The molecular formula is C24H18CoF6N11O4S2+. The molecule has 6 aromatic rings. The molecule has 6 aromatic heterocycles. The molecule has 0 atom stereocenters. The van der Waals surface area contributed by atoms with E-state index in [2.05, 4.69) is 30.4 Å². The average Bonchev–Trinajstić information content (AvgIpc) is 3.84. The van der Waals surface area contributed by atoms with Gasteiger partial charge in [0.25, 0.3) is 0 Å². The Kier molecular flexibility index (Phi) is 12.0. The molecule has 0 amide bonds. The van der Waals surface area contributed by atoms with Gasteiger partial charge in [0, 0.05) is 49.6 Å². The van der Waals surface area contributed by atoms with Crippen LogP contribution in [0.1, 0.15) is 0 Å². The van der Waals surface area contributed by atoms with Crippen LogP contribution in [0.5, 0.6) is 0 Å². The van der Waals surface area contributed by atoms with Crippen LogP contribution in [0.15, 0.2) is 110 Å². The number of alkyl halides is 6. The van der Waals surface area contributed by atoms with E-state index in [0.717, 1.165) is 27.4 Å². The fourth-order valence-electron chi connectivity index (χ4n) is 3.17. The standard InChI is InChI=1S/2C11H9N5.C2F6NO4S2.Co/c2*1-4-10(15-8-2-6-12-15)14-11(5-1)16-9-3-7-13-16;3-1(4,5)14(10,11)9-15(12,13)2(6,7)8;/h2*1-9H;;/q;;-1;+2. The van der Waals surface area contributed by atoms with E-state index < -0.39 is 31.1 Å². The van der Waals surface area contributed by atoms with E-state index in [4.69, 9.17) is 0 Å². The van der Waals surface area contributed by atoms with Gasteiger partial charge in [0.2, 0.25) is 0 Å². The Hall–Kier alpha value is -4.91. The first-order valence-corrected chi connectivity index (χ1v) is 15.3. The Morgan fingerprint density at radius 2 is 0.729 bits per heavy atom. The fraction of sp³-hybridized carbons (Fsp3) is 0.0833. The Morgan fingerprint density at radius 3 is 0.917 bits per heavy atom. The zero-order valence-electron chi connectivity index (χ0n) is 23.4. The number of hydrogen-bond donors (Lipinski definition) is 0. The summed E-state index contributed by atoms with van der Waals surface area (Å²) in [5, 5.41) is 16.5. The van der Waals surface area contributed by atoms with Crippen LogP contribution in [0, 0.1) is 0 Å². The summed E-state index contributed by atoms with van der Waals surface area (Å²) in [4.78, 5) is 8.92. The van der Waals surface area contributed by atoms with Crippen molar-refractivity contribution in [2.24, 2.45) is 0 Å². The topological polar surface area (TPSA) is 179 Å². The van der Waals surface area contributed by atoms with E-state index in [-0.39, 0.29) is 16.8 Å². The van der Waals surface area contributed by atoms with Crippen molar-refractivity contribution in [1.82, 2.24) is 49.1 Å². The molecule has 6 heterocycles. The van der Waals surface area contributed by atoms with E-state index in [0.29, 0.717) is 0 Å². The van der Waals surface area contributed by atoms with Crippen molar-refractivity contribution >= 4 is 20.0 Å². The molecule has 15 nitrogen and oxygen atoms in total. The molecule has 0 N–H and O–H groups in total. The molecule has 0 saturated carbocycles. The Labute approximate surface area is 277 Å². The molecule has 0 unspecified atom stereocenters. The molecule has 1 radical (unpaired) electrons. The van der Waals surface area contributed by atoms with Gasteiger partial charge >= 0.3 is 27.8 Å². The molecule has 0 aliphatic heterocycles. The predicted molar refractivity (Wildman–Crippen MR) is 150 cm³/mol. The zero-order chi connectivity index (χ0) is 34.3. The summed E-state index contributed by atoms with van der Waals surface area (Å²) < 4.78 is 116. The first-order valence-electron chi connectivity index (χ1n) is 12.4. The number of hydrogen-bond acceptors (Lipinski definition) is 10. The monoisotopic (exact) mass is 761 g/mol. The van der Waals surface area contributed by atoms with E-state index in [9.17, 15) is 43.2 Å². The maximum atomic E-state index is 11.4. The van der Waals surface area contributed by atoms with Crippen molar-refractivity contribution in [2.75, 3.05) is 0 Å². The molecule has 6 rings (SSSR count). The Morgan fingerprint density at radius 1 is 0.479 bits per heavy atom. The summed E-state index contributed by atoms with van der Waals surface area (Å²) in [6.45, 7) is 0. The van der Waals surface area contributed by atoms with Crippen molar-refractivity contribution in [2.45, 2.75) is 11.0 Å². The van der Waals surface area contributed by atoms with Crippen LogP contribution >= 0.6 is 0 Å². The Bertz CT molecular complexity index is 1830. The van der Waals surface area contributed by atoms with Gasteiger partial charge in [-0.05, 0) is 48.5 Å². The second-order valence-electron chi connectivity index (χ2n) is 8.43. The van der Waals surface area contributed by atoms with Gasteiger partial charge in [0.1, 0.15) is 0 Å². The van der Waals surface area contributed by atoms with Crippen molar-refractivity contribution in [3.8, 4) is 23.3 Å². The number of rotatable bonds is 6. The quantitative estimate of drug-likeness (QED) is 0.226. The maximum Gasteiger partial charge on any atom is 2.00 e. The van der Waals surface area contributed by atoms with Gasteiger partial charge in [-0.2, -0.15) is 46.7 Å². The summed E-state index contributed by atoms with van der Waals surface area (Å²) in [6, 6.07) is 18.9. The van der Waals surface area contributed by atoms with Crippen LogP contribution in [0.2, 0.25) is 0 Å². The first kappa shape index (κ1) is 37.5. The van der Waals surface area contributed by atoms with Crippen molar-refractivity contribution in [3.63, 3.8) is 0 Å². The molecule has 0 aliphatic carbocycles. The van der Waals surface area contributed by atoms with E-state index >= 15 is 0 Å². The van der Waals surface area contributed by atoms with Crippen LogP contribution in [0.25, 0.3) is 27.4 Å². The Balaban J connectivity index is 0.000000194. The van der Waals surface area contributed by atoms with Crippen molar-refractivity contribution < 1.29 is 60.0 Å². The van der Waals surface area contributed by atoms with Gasteiger partial charge in [-0.15, -0.1) is 0 Å². The minimum atomic E-state index is -6.72. The molecule has 0 fully saturated rings. The largest absolute Gasteiger partial charge is 2.00 e. The SMILES string of the molecule is O=S(=O)([N-]S(=O)(=O)C(F)(F)F)C(F)(F)F.[Co+2].c1cc(-n2cccn2)nc(-n2cccn2)c1.c1cc(-n2cccn2)nc(-n2cccn2)c1. The average molecular weight is 762 g/mol. The van der Waals surface area contributed by atoms with Crippen LogP contribution in [0.4, 0.5) is 26.3 Å². The van der Waals surface area contributed by atoms with Crippen LogP contribution in [-0.4, -0.2) is 76.9 Å². The number of aromatic nitrogens is 10. The molecule has 48 heavy (non-hydrogen) atoms. The van der Waals surface area contributed by atoms with Crippen LogP contribution in [0.3, 0.4) is 0 Å². The third-order valence-electron chi connectivity index (χ3n) is 5.18. The number of pyridine rings is 2. The van der Waals surface area contributed by atoms with Gasteiger partial charge < -0.3 is 4.13 Å². The number of nitrogens with zero attached hydrogens (tertiary/aromatic N) is 11. The predicted octanol–water partition coefficient (Wildman–Crippen LogP) is 3.96. The third-order valence-corrected chi connectivity index (χ3v) is 7.92. The van der Waals surface area contributed by atoms with Gasteiger partial charge in [0.15, 0.2) is 43.3 Å². The second kappa shape index (κ2) is 15.3. The summed E-state index contributed by atoms with van der Waals surface area (Å²) in [5.74, 6) is 3.10. The molecule has 255 valence electrons. The molecule has 0 spiro atoms. The third kappa shape index (κ3) is 9.56. The van der Waals surface area contributed by atoms with E-state index in [1.165, 1.54) is 0 Å².